The van der Waals surface area contributed by atoms with Crippen molar-refractivity contribution in [2.45, 2.75) is 213 Å². The van der Waals surface area contributed by atoms with E-state index in [-0.39, 0.29) is 0 Å². The summed E-state index contributed by atoms with van der Waals surface area (Å²) in [5.41, 5.74) is 0. The van der Waals surface area contributed by atoms with E-state index in [4.69, 9.17) is 13.3 Å². The van der Waals surface area contributed by atoms with Crippen molar-refractivity contribution in [2.24, 2.45) is 0 Å². The van der Waals surface area contributed by atoms with E-state index in [0.29, 0.717) is 0 Å². The van der Waals surface area contributed by atoms with Crippen LogP contribution in [0.4, 0.5) is 0 Å². The van der Waals surface area contributed by atoms with Gasteiger partial charge >= 0.3 is 7.42 Å². The molecule has 0 aromatic heterocycles. The van der Waals surface area contributed by atoms with Crippen LogP contribution in [0.3, 0.4) is 0 Å². The van der Waals surface area contributed by atoms with Gasteiger partial charge in [-0.1, -0.05) is 194 Å². The van der Waals surface area contributed by atoms with Crippen LogP contribution in [0.5, 0.6) is 0 Å². The normalized spacial score (nSPS) is 12.0. The highest BCUT2D eigenvalue weighted by molar-refractivity contribution is 9.25. The molecule has 0 saturated carbocycles. The molecule has 0 amide bonds. The molecule has 0 aliphatic carbocycles. The summed E-state index contributed by atoms with van der Waals surface area (Å²) in [6, 6.07) is 0. The zero-order valence-corrected chi connectivity index (χ0v) is 31.0. The van der Waals surface area contributed by atoms with Gasteiger partial charge in [0, 0.05) is 19.8 Å². The Morgan fingerprint density at radius 3 is 0.659 bits per heavy atom. The zero-order valence-electron chi connectivity index (χ0n) is 28.4. The van der Waals surface area contributed by atoms with Gasteiger partial charge in [-0.25, -0.2) is 0 Å². The monoisotopic (exact) mass is 662 g/mol. The molecule has 0 bridgehead atoms. The number of halogens is 1. The van der Waals surface area contributed by atoms with Crippen LogP contribution in [-0.4, -0.2) is 27.2 Å². The van der Waals surface area contributed by atoms with Crippen molar-refractivity contribution in [1.82, 2.24) is 0 Å². The molecule has 248 valence electrons. The molecule has 0 unspecified atom stereocenters. The predicted octanol–water partition coefficient (Wildman–Crippen LogP) is 13.6. The molecule has 0 saturated heterocycles. The molecule has 3 nitrogen and oxygen atoms in total. The van der Waals surface area contributed by atoms with Crippen molar-refractivity contribution in [1.29, 1.82) is 0 Å². The summed E-state index contributed by atoms with van der Waals surface area (Å²) in [6.45, 7) is 9.13. The summed E-state index contributed by atoms with van der Waals surface area (Å²) in [4.78, 5) is 0. The maximum Gasteiger partial charge on any atom is 0.580 e. The van der Waals surface area contributed by atoms with Gasteiger partial charge in [-0.05, 0) is 34.6 Å². The van der Waals surface area contributed by atoms with E-state index in [0.717, 1.165) is 39.1 Å². The van der Waals surface area contributed by atoms with Gasteiger partial charge in [0.2, 0.25) is 0 Å². The molecular weight excluding hydrogens is 588 g/mol. The lowest BCUT2D eigenvalue weighted by Crippen LogP contribution is -2.40. The van der Waals surface area contributed by atoms with Crippen LogP contribution in [0.1, 0.15) is 213 Å². The van der Waals surface area contributed by atoms with E-state index in [1.54, 1.807) is 0 Å². The minimum absolute atomic E-state index is 0.754. The molecular formula is C36H75BrO3Si. The Labute approximate surface area is 268 Å². The van der Waals surface area contributed by atoms with E-state index < -0.39 is 7.42 Å². The van der Waals surface area contributed by atoms with Crippen molar-refractivity contribution >= 4 is 22.7 Å². The summed E-state index contributed by atoms with van der Waals surface area (Å²) >= 11 is 3.83. The first kappa shape index (κ1) is 41.6. The van der Waals surface area contributed by atoms with Crippen LogP contribution >= 0.6 is 15.3 Å². The first-order chi connectivity index (χ1) is 20.2. The van der Waals surface area contributed by atoms with E-state index in [1.807, 2.05) is 0 Å². The third-order valence-electron chi connectivity index (χ3n) is 8.32. The van der Waals surface area contributed by atoms with Crippen LogP contribution in [0, 0.1) is 0 Å². The molecule has 0 aliphatic rings. The molecule has 0 heterocycles. The van der Waals surface area contributed by atoms with Gasteiger partial charge in [0.25, 0.3) is 0 Å². The smallest absolute Gasteiger partial charge is 0.365 e. The van der Waals surface area contributed by atoms with Crippen molar-refractivity contribution in [3.05, 3.63) is 0 Å². The van der Waals surface area contributed by atoms with Gasteiger partial charge in [0.05, 0.1) is 0 Å². The topological polar surface area (TPSA) is 27.7 Å². The highest BCUT2D eigenvalue weighted by Crippen LogP contribution is 2.21. The highest BCUT2D eigenvalue weighted by Gasteiger charge is 2.38. The van der Waals surface area contributed by atoms with Crippen LogP contribution in [0.25, 0.3) is 0 Å². The summed E-state index contributed by atoms with van der Waals surface area (Å²) in [5, 5.41) is 0. The first-order valence-corrected chi connectivity index (χ1v) is 22.8. The van der Waals surface area contributed by atoms with Crippen molar-refractivity contribution in [2.75, 3.05) is 19.8 Å². The second kappa shape index (κ2) is 35.1. The third kappa shape index (κ3) is 33.3. The molecule has 0 aromatic rings. The van der Waals surface area contributed by atoms with Crippen LogP contribution in [-0.2, 0) is 13.3 Å². The van der Waals surface area contributed by atoms with E-state index >= 15 is 0 Å². The summed E-state index contributed by atoms with van der Waals surface area (Å²) in [7, 11) is -2.72. The standard InChI is InChI=1S/C36H75BrO3Si/c1-4-7-10-13-16-19-22-25-28-31-34-38-41(37,39-35-32-29-26-23-20-17-14-11-8-5-2)40-36-33-30-27-24-21-18-15-12-9-6-3/h4-36H2,1-3H3. The molecule has 0 spiro atoms. The second-order valence-electron chi connectivity index (χ2n) is 12.6. The van der Waals surface area contributed by atoms with E-state index in [1.165, 1.54) is 173 Å². The largest absolute Gasteiger partial charge is 0.580 e. The van der Waals surface area contributed by atoms with E-state index in [9.17, 15) is 0 Å². The van der Waals surface area contributed by atoms with Gasteiger partial charge < -0.3 is 13.3 Å². The first-order valence-electron chi connectivity index (χ1n) is 18.8. The van der Waals surface area contributed by atoms with Crippen molar-refractivity contribution in [3.63, 3.8) is 0 Å². The van der Waals surface area contributed by atoms with Crippen LogP contribution in [0.15, 0.2) is 0 Å². The fraction of sp³-hybridized carbons (Fsp3) is 1.00. The third-order valence-corrected chi connectivity index (χ3v) is 12.0. The Balaban J connectivity index is 4.06. The Hall–Kier alpha value is 0.577. The van der Waals surface area contributed by atoms with E-state index in [2.05, 4.69) is 36.1 Å². The lowest BCUT2D eigenvalue weighted by atomic mass is 10.1. The number of rotatable bonds is 36. The molecule has 0 aliphatic heterocycles. The van der Waals surface area contributed by atoms with Crippen molar-refractivity contribution < 1.29 is 13.3 Å². The molecule has 41 heavy (non-hydrogen) atoms. The summed E-state index contributed by atoms with van der Waals surface area (Å²) in [6.07, 6.45) is 40.3. The van der Waals surface area contributed by atoms with Crippen LogP contribution in [0.2, 0.25) is 0 Å². The van der Waals surface area contributed by atoms with Gasteiger partial charge in [-0.2, -0.15) is 0 Å². The van der Waals surface area contributed by atoms with Gasteiger partial charge in [0.15, 0.2) is 0 Å². The summed E-state index contributed by atoms with van der Waals surface area (Å²) in [5.74, 6) is 0. The Morgan fingerprint density at radius 2 is 0.463 bits per heavy atom. The maximum atomic E-state index is 6.30. The van der Waals surface area contributed by atoms with Gasteiger partial charge in [0.1, 0.15) is 0 Å². The van der Waals surface area contributed by atoms with Gasteiger partial charge in [-0.3, -0.25) is 0 Å². The Kier molecular flexibility index (Phi) is 35.6. The zero-order chi connectivity index (χ0) is 30.0. The van der Waals surface area contributed by atoms with Gasteiger partial charge in [-0.15, -0.1) is 0 Å². The SMILES string of the molecule is CCCCCCCCCCCCO[Si](Br)(OCCCCCCCCCCCC)OCCCCCCCCCCCC. The molecule has 0 atom stereocenters. The average Bonchev–Trinajstić information content (AvgIpc) is 2.97. The molecule has 0 aromatic carbocycles. The minimum atomic E-state index is -2.72. The molecule has 0 N–H and O–H groups in total. The quantitative estimate of drug-likeness (QED) is 0.0379. The Bertz CT molecular complexity index is 415. The lowest BCUT2D eigenvalue weighted by molar-refractivity contribution is 0.0809. The highest BCUT2D eigenvalue weighted by atomic mass is 79.9. The molecule has 0 rings (SSSR count). The molecule has 0 fully saturated rings. The molecule has 5 heteroatoms. The average molecular weight is 664 g/mol. The lowest BCUT2D eigenvalue weighted by Gasteiger charge is -2.24. The number of hydrogen-bond donors (Lipinski definition) is 0. The number of unbranched alkanes of at least 4 members (excludes halogenated alkanes) is 27. The second-order valence-corrected chi connectivity index (χ2v) is 17.3. The fourth-order valence-corrected chi connectivity index (χ4v) is 8.35. The number of hydrogen-bond acceptors (Lipinski definition) is 3. The minimum Gasteiger partial charge on any atom is -0.365 e. The van der Waals surface area contributed by atoms with Crippen molar-refractivity contribution in [3.8, 4) is 0 Å². The predicted molar refractivity (Wildman–Crippen MR) is 188 cm³/mol. The fourth-order valence-electron chi connectivity index (χ4n) is 5.48. The summed E-state index contributed by atoms with van der Waals surface area (Å²) < 4.78 is 18.9. The molecule has 0 radical (unpaired) electrons. The van der Waals surface area contributed by atoms with Crippen LogP contribution < -0.4 is 0 Å². The Morgan fingerprint density at radius 1 is 0.293 bits per heavy atom. The maximum absolute atomic E-state index is 6.30.